The summed E-state index contributed by atoms with van der Waals surface area (Å²) in [4.78, 5) is 10.7. The molecule has 0 spiro atoms. The van der Waals surface area contributed by atoms with E-state index in [2.05, 4.69) is 0 Å². The first-order chi connectivity index (χ1) is 7.83. The topological polar surface area (TPSA) is 72.5 Å². The highest BCUT2D eigenvalue weighted by Crippen LogP contribution is 2.19. The maximum Gasteiger partial charge on any atom is 0.323 e. The molecule has 0 aliphatic heterocycles. The number of hydrogen-bond donors (Lipinski definition) is 2. The molecule has 1 atom stereocenters. The molecule has 0 fully saturated rings. The van der Waals surface area contributed by atoms with Crippen LogP contribution in [0.1, 0.15) is 18.9 Å². The molecule has 0 amide bonds. The average molecular weight is 241 g/mol. The Hall–Kier alpha value is -1.62. The number of carbonyl (C=O) groups is 1. The first kappa shape index (κ1) is 13.4. The summed E-state index contributed by atoms with van der Waals surface area (Å²) in [7, 11) is 0. The summed E-state index contributed by atoms with van der Waals surface area (Å²) >= 11 is 0. The molecule has 0 bridgehead atoms. The first-order valence-electron chi connectivity index (χ1n) is 5.24. The first-order valence-corrected chi connectivity index (χ1v) is 5.24. The van der Waals surface area contributed by atoms with Crippen LogP contribution in [0, 0.1) is 12.7 Å². The van der Waals surface area contributed by atoms with Gasteiger partial charge in [0, 0.05) is 6.42 Å². The fourth-order valence-electron chi connectivity index (χ4n) is 1.25. The minimum atomic E-state index is -1.31. The molecular formula is C12H16FNO3. The van der Waals surface area contributed by atoms with Crippen molar-refractivity contribution >= 4 is 5.97 Å². The molecule has 3 N–H and O–H groups in total. The lowest BCUT2D eigenvalue weighted by Gasteiger charge is -2.19. The summed E-state index contributed by atoms with van der Waals surface area (Å²) in [6.45, 7) is 3.32. The number of aliphatic carboxylic acids is 1. The van der Waals surface area contributed by atoms with Crippen LogP contribution < -0.4 is 10.5 Å². The lowest BCUT2D eigenvalue weighted by atomic mass is 10.0. The van der Waals surface area contributed by atoms with E-state index in [-0.39, 0.29) is 18.8 Å². The summed E-state index contributed by atoms with van der Waals surface area (Å²) in [5.41, 5.74) is 4.90. The van der Waals surface area contributed by atoms with Crippen molar-refractivity contribution in [3.63, 3.8) is 0 Å². The zero-order chi connectivity index (χ0) is 13.1. The molecule has 0 aromatic heterocycles. The van der Waals surface area contributed by atoms with Gasteiger partial charge < -0.3 is 15.6 Å². The Morgan fingerprint density at radius 2 is 2.24 bits per heavy atom. The van der Waals surface area contributed by atoms with Gasteiger partial charge in [0.05, 0.1) is 6.61 Å². The Labute approximate surface area is 99.2 Å². The van der Waals surface area contributed by atoms with E-state index in [1.165, 1.54) is 25.1 Å². The summed E-state index contributed by atoms with van der Waals surface area (Å²) in [5.74, 6) is -0.867. The third kappa shape index (κ3) is 3.71. The van der Waals surface area contributed by atoms with Crippen molar-refractivity contribution < 1.29 is 19.0 Å². The molecule has 4 nitrogen and oxygen atoms in total. The number of nitrogens with two attached hydrogens (primary N) is 1. The van der Waals surface area contributed by atoms with Gasteiger partial charge in [-0.25, -0.2) is 4.39 Å². The molecule has 1 aromatic carbocycles. The third-order valence-corrected chi connectivity index (χ3v) is 2.50. The van der Waals surface area contributed by atoms with Crippen LogP contribution in [0.3, 0.4) is 0 Å². The highest BCUT2D eigenvalue weighted by atomic mass is 19.1. The minimum absolute atomic E-state index is 0.172. The molecule has 0 radical (unpaired) electrons. The van der Waals surface area contributed by atoms with Crippen LogP contribution in [0.25, 0.3) is 0 Å². The molecule has 94 valence electrons. The van der Waals surface area contributed by atoms with Crippen LogP contribution in [-0.2, 0) is 4.79 Å². The van der Waals surface area contributed by atoms with Crippen LogP contribution >= 0.6 is 0 Å². The van der Waals surface area contributed by atoms with E-state index in [4.69, 9.17) is 15.6 Å². The van der Waals surface area contributed by atoms with E-state index >= 15 is 0 Å². The third-order valence-electron chi connectivity index (χ3n) is 2.50. The molecule has 1 aromatic rings. The second-order valence-corrected chi connectivity index (χ2v) is 4.23. The minimum Gasteiger partial charge on any atom is -0.493 e. The number of rotatable bonds is 5. The normalized spacial score (nSPS) is 14.1. The van der Waals surface area contributed by atoms with Crippen molar-refractivity contribution in [2.24, 2.45) is 5.73 Å². The molecule has 0 aliphatic rings. The van der Waals surface area contributed by atoms with Crippen molar-refractivity contribution in [2.75, 3.05) is 6.61 Å². The van der Waals surface area contributed by atoms with Crippen LogP contribution in [0.15, 0.2) is 18.2 Å². The van der Waals surface area contributed by atoms with E-state index in [1.807, 2.05) is 0 Å². The standard InChI is InChI=1S/C12H16FNO3/c1-8-7-9(13)3-4-10(8)17-6-5-12(2,14)11(15)16/h3-4,7H,5-6,14H2,1-2H3,(H,15,16). The Morgan fingerprint density at radius 1 is 1.59 bits per heavy atom. The van der Waals surface area contributed by atoms with Gasteiger partial charge in [0.15, 0.2) is 0 Å². The van der Waals surface area contributed by atoms with Gasteiger partial charge in [-0.05, 0) is 37.6 Å². The van der Waals surface area contributed by atoms with Crippen molar-refractivity contribution in [1.82, 2.24) is 0 Å². The van der Waals surface area contributed by atoms with Gasteiger partial charge in [-0.15, -0.1) is 0 Å². The predicted octanol–water partition coefficient (Wildman–Crippen LogP) is 1.71. The molecule has 0 saturated carbocycles. The van der Waals surface area contributed by atoms with E-state index in [1.54, 1.807) is 6.92 Å². The zero-order valence-corrected chi connectivity index (χ0v) is 9.87. The van der Waals surface area contributed by atoms with E-state index in [0.29, 0.717) is 11.3 Å². The van der Waals surface area contributed by atoms with Crippen LogP contribution in [0.2, 0.25) is 0 Å². The van der Waals surface area contributed by atoms with Gasteiger partial charge in [-0.2, -0.15) is 0 Å². The van der Waals surface area contributed by atoms with Crippen molar-refractivity contribution in [3.05, 3.63) is 29.6 Å². The number of benzene rings is 1. The average Bonchev–Trinajstić information content (AvgIpc) is 2.21. The fraction of sp³-hybridized carbons (Fsp3) is 0.417. The van der Waals surface area contributed by atoms with Gasteiger partial charge in [-0.3, -0.25) is 4.79 Å². The molecule has 17 heavy (non-hydrogen) atoms. The SMILES string of the molecule is Cc1cc(F)ccc1OCCC(C)(N)C(=O)O. The second-order valence-electron chi connectivity index (χ2n) is 4.23. The zero-order valence-electron chi connectivity index (χ0n) is 9.87. The summed E-state index contributed by atoms with van der Waals surface area (Å²) < 4.78 is 18.2. The number of carboxylic acid groups (broad SMARTS) is 1. The summed E-state index contributed by atoms with van der Waals surface area (Å²) in [6.07, 6.45) is 0.180. The van der Waals surface area contributed by atoms with Crippen molar-refractivity contribution in [2.45, 2.75) is 25.8 Å². The van der Waals surface area contributed by atoms with Gasteiger partial charge in [0.25, 0.3) is 0 Å². The number of aryl methyl sites for hydroxylation is 1. The number of carboxylic acids is 1. The van der Waals surface area contributed by atoms with Crippen LogP contribution in [-0.4, -0.2) is 23.2 Å². The Morgan fingerprint density at radius 3 is 2.76 bits per heavy atom. The van der Waals surface area contributed by atoms with Crippen LogP contribution in [0.4, 0.5) is 4.39 Å². The Balaban J connectivity index is 2.54. The number of halogens is 1. The van der Waals surface area contributed by atoms with Crippen LogP contribution in [0.5, 0.6) is 5.75 Å². The molecule has 0 heterocycles. The molecule has 0 saturated heterocycles. The number of ether oxygens (including phenoxy) is 1. The van der Waals surface area contributed by atoms with Gasteiger partial charge in [0.2, 0.25) is 0 Å². The Bertz CT molecular complexity index is 418. The molecule has 1 unspecified atom stereocenters. The van der Waals surface area contributed by atoms with E-state index in [9.17, 15) is 9.18 Å². The largest absolute Gasteiger partial charge is 0.493 e. The van der Waals surface area contributed by atoms with E-state index < -0.39 is 11.5 Å². The van der Waals surface area contributed by atoms with Gasteiger partial charge >= 0.3 is 5.97 Å². The van der Waals surface area contributed by atoms with Crippen molar-refractivity contribution in [1.29, 1.82) is 0 Å². The highest BCUT2D eigenvalue weighted by molar-refractivity contribution is 5.77. The quantitative estimate of drug-likeness (QED) is 0.823. The summed E-state index contributed by atoms with van der Waals surface area (Å²) in [5, 5.41) is 8.80. The highest BCUT2D eigenvalue weighted by Gasteiger charge is 2.27. The molecule has 5 heteroatoms. The second kappa shape index (κ2) is 5.14. The predicted molar refractivity (Wildman–Crippen MR) is 61.5 cm³/mol. The summed E-state index contributed by atoms with van der Waals surface area (Å²) in [6, 6.07) is 4.16. The number of hydrogen-bond acceptors (Lipinski definition) is 3. The van der Waals surface area contributed by atoms with E-state index in [0.717, 1.165) is 0 Å². The lowest BCUT2D eigenvalue weighted by molar-refractivity contribution is -0.143. The smallest absolute Gasteiger partial charge is 0.323 e. The molecular weight excluding hydrogens is 225 g/mol. The Kier molecular flexibility index (Phi) is 4.07. The van der Waals surface area contributed by atoms with Crippen molar-refractivity contribution in [3.8, 4) is 5.75 Å². The fourth-order valence-corrected chi connectivity index (χ4v) is 1.25. The van der Waals surface area contributed by atoms with Gasteiger partial charge in [0.1, 0.15) is 17.1 Å². The van der Waals surface area contributed by atoms with Gasteiger partial charge in [-0.1, -0.05) is 0 Å². The lowest BCUT2D eigenvalue weighted by Crippen LogP contribution is -2.45. The molecule has 1 rings (SSSR count). The maximum atomic E-state index is 12.8. The maximum absolute atomic E-state index is 12.8. The molecule has 0 aliphatic carbocycles. The monoisotopic (exact) mass is 241 g/mol.